The van der Waals surface area contributed by atoms with Gasteiger partial charge in [-0.15, -0.1) is 0 Å². The number of hydrogen-bond acceptors (Lipinski definition) is 4. The Morgan fingerprint density at radius 2 is 1.58 bits per heavy atom. The molecule has 0 radical (unpaired) electrons. The van der Waals surface area contributed by atoms with E-state index in [1.54, 1.807) is 47.2 Å². The summed E-state index contributed by atoms with van der Waals surface area (Å²) in [5.74, 6) is -0.573. The molecule has 1 atom stereocenters. The molecule has 2 N–H and O–H groups in total. The standard InChI is InChI=1S/C29H32N4O3/c1-19-5-9-21(10-6-19)26-18-27(34)31-24-17-23(28(35)32(4)16-15-30-3)13-14-25(24)33(26)29(36)22-11-7-20(2)8-12-22/h5-14,17,26,30H,15-16,18H2,1-4H3,(H,31,34). The largest absolute Gasteiger partial charge is 0.340 e. The smallest absolute Gasteiger partial charge is 0.258 e. The Bertz CT molecular complexity index is 1270. The van der Waals surface area contributed by atoms with Crippen molar-refractivity contribution in [1.82, 2.24) is 10.2 Å². The molecule has 4 rings (SSSR count). The first-order valence-electron chi connectivity index (χ1n) is 12.1. The van der Waals surface area contributed by atoms with Gasteiger partial charge in [-0.3, -0.25) is 19.3 Å². The third-order valence-electron chi connectivity index (χ3n) is 6.49. The fourth-order valence-corrected chi connectivity index (χ4v) is 4.36. The van der Waals surface area contributed by atoms with E-state index in [0.717, 1.165) is 16.7 Å². The molecule has 0 aliphatic carbocycles. The van der Waals surface area contributed by atoms with Crippen molar-refractivity contribution < 1.29 is 14.4 Å². The number of amides is 3. The highest BCUT2D eigenvalue weighted by Crippen LogP contribution is 2.40. The Labute approximate surface area is 212 Å². The molecule has 3 aromatic rings. The highest BCUT2D eigenvalue weighted by molar-refractivity contribution is 6.12. The molecular weight excluding hydrogens is 452 g/mol. The molecule has 3 amide bonds. The normalized spacial score (nSPS) is 15.1. The minimum atomic E-state index is -0.500. The van der Waals surface area contributed by atoms with Gasteiger partial charge in [0, 0.05) is 31.3 Å². The fraction of sp³-hybridized carbons (Fsp3) is 0.276. The van der Waals surface area contributed by atoms with E-state index < -0.39 is 6.04 Å². The Balaban J connectivity index is 1.81. The van der Waals surface area contributed by atoms with E-state index >= 15 is 0 Å². The number of likely N-dealkylation sites (N-methyl/N-ethyl adjacent to an activating group) is 2. The lowest BCUT2D eigenvalue weighted by Crippen LogP contribution is -2.35. The molecule has 0 fully saturated rings. The van der Waals surface area contributed by atoms with Crippen LogP contribution in [0, 0.1) is 13.8 Å². The Kier molecular flexibility index (Phi) is 7.50. The molecule has 7 heteroatoms. The van der Waals surface area contributed by atoms with Crippen LogP contribution in [0.4, 0.5) is 11.4 Å². The molecule has 1 unspecified atom stereocenters. The van der Waals surface area contributed by atoms with Gasteiger partial charge in [0.2, 0.25) is 5.91 Å². The van der Waals surface area contributed by atoms with Gasteiger partial charge in [0.15, 0.2) is 0 Å². The number of hydrogen-bond donors (Lipinski definition) is 2. The second-order valence-electron chi connectivity index (χ2n) is 9.28. The van der Waals surface area contributed by atoms with Crippen LogP contribution < -0.4 is 15.5 Å². The van der Waals surface area contributed by atoms with Crippen molar-refractivity contribution in [2.75, 3.05) is 37.4 Å². The quantitative estimate of drug-likeness (QED) is 0.546. The third-order valence-corrected chi connectivity index (χ3v) is 6.49. The minimum Gasteiger partial charge on any atom is -0.340 e. The van der Waals surface area contributed by atoms with Gasteiger partial charge in [0.1, 0.15) is 0 Å². The van der Waals surface area contributed by atoms with Gasteiger partial charge in [-0.1, -0.05) is 47.5 Å². The van der Waals surface area contributed by atoms with E-state index in [2.05, 4.69) is 10.6 Å². The summed E-state index contributed by atoms with van der Waals surface area (Å²) < 4.78 is 0. The molecule has 0 saturated heterocycles. The summed E-state index contributed by atoms with van der Waals surface area (Å²) in [6.07, 6.45) is 0.0979. The summed E-state index contributed by atoms with van der Waals surface area (Å²) in [6, 6.07) is 19.9. The summed E-state index contributed by atoms with van der Waals surface area (Å²) in [4.78, 5) is 43.3. The highest BCUT2D eigenvalue weighted by atomic mass is 16.2. The fourth-order valence-electron chi connectivity index (χ4n) is 4.36. The Hall–Kier alpha value is -3.97. The third kappa shape index (κ3) is 5.31. The van der Waals surface area contributed by atoms with E-state index in [0.29, 0.717) is 35.6 Å². The van der Waals surface area contributed by atoms with Gasteiger partial charge in [-0.2, -0.15) is 0 Å². The number of nitrogens with zero attached hydrogens (tertiary/aromatic N) is 2. The van der Waals surface area contributed by atoms with Gasteiger partial charge in [-0.05, 0) is 56.8 Å². The molecular formula is C29H32N4O3. The number of benzene rings is 3. The lowest BCUT2D eigenvalue weighted by atomic mass is 9.98. The van der Waals surface area contributed by atoms with Crippen molar-refractivity contribution in [2.45, 2.75) is 26.3 Å². The maximum atomic E-state index is 13.9. The molecule has 0 saturated carbocycles. The summed E-state index contributed by atoms with van der Waals surface area (Å²) in [7, 11) is 3.57. The maximum Gasteiger partial charge on any atom is 0.258 e. The second-order valence-corrected chi connectivity index (χ2v) is 9.28. The topological polar surface area (TPSA) is 81.8 Å². The zero-order chi connectivity index (χ0) is 25.8. The van der Waals surface area contributed by atoms with E-state index in [4.69, 9.17) is 0 Å². The van der Waals surface area contributed by atoms with Crippen LogP contribution in [0.2, 0.25) is 0 Å². The van der Waals surface area contributed by atoms with Crippen molar-refractivity contribution >= 4 is 29.1 Å². The molecule has 0 bridgehead atoms. The average Bonchev–Trinajstić information content (AvgIpc) is 3.02. The molecule has 1 aliphatic rings. The molecule has 1 aliphatic heterocycles. The van der Waals surface area contributed by atoms with Crippen LogP contribution in [0.3, 0.4) is 0 Å². The van der Waals surface area contributed by atoms with Crippen molar-refractivity contribution in [3.8, 4) is 0 Å². The van der Waals surface area contributed by atoms with Gasteiger partial charge in [-0.25, -0.2) is 0 Å². The predicted molar refractivity (Wildman–Crippen MR) is 142 cm³/mol. The van der Waals surface area contributed by atoms with Crippen LogP contribution in [0.5, 0.6) is 0 Å². The lowest BCUT2D eigenvalue weighted by Gasteiger charge is -2.31. The molecule has 186 valence electrons. The molecule has 3 aromatic carbocycles. The average molecular weight is 485 g/mol. The number of carbonyl (C=O) groups is 3. The van der Waals surface area contributed by atoms with Gasteiger partial charge >= 0.3 is 0 Å². The van der Waals surface area contributed by atoms with Gasteiger partial charge in [0.25, 0.3) is 11.8 Å². The lowest BCUT2D eigenvalue weighted by molar-refractivity contribution is -0.116. The van der Waals surface area contributed by atoms with Crippen molar-refractivity contribution in [2.24, 2.45) is 0 Å². The van der Waals surface area contributed by atoms with Crippen LogP contribution in [0.15, 0.2) is 66.7 Å². The van der Waals surface area contributed by atoms with Crippen LogP contribution in [-0.4, -0.2) is 49.8 Å². The number of fused-ring (bicyclic) bond motifs is 1. The first kappa shape index (κ1) is 25.1. The van der Waals surface area contributed by atoms with Crippen molar-refractivity contribution in [3.63, 3.8) is 0 Å². The number of carbonyl (C=O) groups excluding carboxylic acids is 3. The summed E-state index contributed by atoms with van der Waals surface area (Å²) in [5.41, 5.74) is 5.01. The molecule has 1 heterocycles. The second kappa shape index (κ2) is 10.7. The predicted octanol–water partition coefficient (Wildman–Crippen LogP) is 4.33. The van der Waals surface area contributed by atoms with Crippen molar-refractivity contribution in [3.05, 3.63) is 94.5 Å². The highest BCUT2D eigenvalue weighted by Gasteiger charge is 2.34. The number of anilines is 2. The molecule has 7 nitrogen and oxygen atoms in total. The first-order valence-corrected chi connectivity index (χ1v) is 12.1. The van der Waals surface area contributed by atoms with E-state index in [1.165, 1.54) is 0 Å². The van der Waals surface area contributed by atoms with Crippen LogP contribution >= 0.6 is 0 Å². The van der Waals surface area contributed by atoms with E-state index in [-0.39, 0.29) is 24.1 Å². The summed E-state index contributed by atoms with van der Waals surface area (Å²) >= 11 is 0. The maximum absolute atomic E-state index is 13.9. The SMILES string of the molecule is CNCCN(C)C(=O)c1ccc2c(c1)NC(=O)CC(c1ccc(C)cc1)N2C(=O)c1ccc(C)cc1. The van der Waals surface area contributed by atoms with Crippen molar-refractivity contribution in [1.29, 1.82) is 0 Å². The number of rotatable bonds is 6. The first-order chi connectivity index (χ1) is 17.3. The number of nitrogens with one attached hydrogen (secondary N) is 2. The van der Waals surface area contributed by atoms with Crippen LogP contribution in [0.1, 0.15) is 49.9 Å². The Morgan fingerprint density at radius 1 is 0.972 bits per heavy atom. The van der Waals surface area contributed by atoms with Crippen LogP contribution in [-0.2, 0) is 4.79 Å². The Morgan fingerprint density at radius 3 is 2.22 bits per heavy atom. The monoisotopic (exact) mass is 484 g/mol. The number of aryl methyl sites for hydroxylation is 2. The molecule has 36 heavy (non-hydrogen) atoms. The summed E-state index contributed by atoms with van der Waals surface area (Å²) in [6.45, 7) is 5.19. The minimum absolute atomic E-state index is 0.0979. The zero-order valence-electron chi connectivity index (χ0n) is 21.2. The van der Waals surface area contributed by atoms with Gasteiger partial charge < -0.3 is 15.5 Å². The molecule has 0 aromatic heterocycles. The van der Waals surface area contributed by atoms with Gasteiger partial charge in [0.05, 0.1) is 23.8 Å². The zero-order valence-corrected chi connectivity index (χ0v) is 21.2. The summed E-state index contributed by atoms with van der Waals surface area (Å²) in [5, 5.41) is 5.98. The molecule has 0 spiro atoms. The van der Waals surface area contributed by atoms with E-state index in [1.807, 2.05) is 57.3 Å². The van der Waals surface area contributed by atoms with Crippen LogP contribution in [0.25, 0.3) is 0 Å². The van der Waals surface area contributed by atoms with E-state index in [9.17, 15) is 14.4 Å².